The number of hydrogen-bond donors (Lipinski definition) is 0. The van der Waals surface area contributed by atoms with Gasteiger partial charge in [-0.1, -0.05) is 28.1 Å². The first-order valence-electron chi connectivity index (χ1n) is 7.45. The molecule has 0 unspecified atom stereocenters. The maximum atomic E-state index is 12.4. The molecule has 0 fully saturated rings. The van der Waals surface area contributed by atoms with Crippen LogP contribution in [0.3, 0.4) is 0 Å². The van der Waals surface area contributed by atoms with Crippen molar-refractivity contribution in [2.24, 2.45) is 0 Å². The molecule has 24 heavy (non-hydrogen) atoms. The average Bonchev–Trinajstić information content (AvgIpc) is 2.54. The van der Waals surface area contributed by atoms with Crippen LogP contribution in [0.4, 0.5) is 0 Å². The number of halogens is 1. The average molecular weight is 387 g/mol. The molecule has 0 bridgehead atoms. The quantitative estimate of drug-likeness (QED) is 0.488. The molecule has 0 aliphatic carbocycles. The number of ketones is 1. The van der Waals surface area contributed by atoms with E-state index in [-0.39, 0.29) is 5.78 Å². The number of carbonyl (C=O) groups excluding carboxylic acids is 1. The van der Waals surface area contributed by atoms with Crippen molar-refractivity contribution >= 4 is 32.7 Å². The van der Waals surface area contributed by atoms with Gasteiger partial charge in [-0.2, -0.15) is 0 Å². The van der Waals surface area contributed by atoms with E-state index >= 15 is 0 Å². The first-order chi connectivity index (χ1) is 11.4. The maximum Gasteiger partial charge on any atom is 0.336 e. The van der Waals surface area contributed by atoms with Gasteiger partial charge in [-0.05, 0) is 43.7 Å². The Bertz CT molecular complexity index is 957. The molecular formula is C19H15BrO4. The molecule has 5 heteroatoms. The molecule has 0 amide bonds. The lowest BCUT2D eigenvalue weighted by Gasteiger charge is -2.14. The third-order valence-corrected chi connectivity index (χ3v) is 4.26. The van der Waals surface area contributed by atoms with E-state index in [1.54, 1.807) is 31.2 Å². The Kier molecular flexibility index (Phi) is 4.53. The highest BCUT2D eigenvalue weighted by atomic mass is 79.9. The molecule has 0 aliphatic rings. The topological polar surface area (TPSA) is 56.5 Å². The largest absolute Gasteiger partial charge is 0.482 e. The Labute approximate surface area is 147 Å². The van der Waals surface area contributed by atoms with E-state index in [0.717, 1.165) is 15.4 Å². The summed E-state index contributed by atoms with van der Waals surface area (Å²) in [5.41, 5.74) is 1.46. The molecule has 1 heterocycles. The second kappa shape index (κ2) is 6.61. The van der Waals surface area contributed by atoms with Crippen molar-refractivity contribution in [1.29, 1.82) is 0 Å². The van der Waals surface area contributed by atoms with Crippen LogP contribution < -0.4 is 10.4 Å². The number of benzene rings is 2. The number of ether oxygens (including phenoxy) is 1. The Hall–Kier alpha value is -2.40. The Morgan fingerprint density at radius 3 is 2.54 bits per heavy atom. The standard InChI is InChI=1S/C19H15BrO4/c1-11-9-18(21)24-17-10-15(7-8-16(11)17)23-12(2)19(22)13-3-5-14(20)6-4-13/h3-10,12H,1-2H3/t12-/m1/s1. The second-order valence-electron chi connectivity index (χ2n) is 5.54. The summed E-state index contributed by atoms with van der Waals surface area (Å²) in [5.74, 6) is 0.363. The SMILES string of the molecule is Cc1cc(=O)oc2cc(O[C@H](C)C(=O)c3ccc(Br)cc3)ccc12. The van der Waals surface area contributed by atoms with Gasteiger partial charge in [-0.15, -0.1) is 0 Å². The fraction of sp³-hybridized carbons (Fsp3) is 0.158. The van der Waals surface area contributed by atoms with Crippen LogP contribution in [0.15, 0.2) is 62.2 Å². The summed E-state index contributed by atoms with van der Waals surface area (Å²) in [6.07, 6.45) is -0.653. The molecule has 0 N–H and O–H groups in total. The van der Waals surface area contributed by atoms with Crippen LogP contribution in [0.2, 0.25) is 0 Å². The smallest absolute Gasteiger partial charge is 0.336 e. The van der Waals surface area contributed by atoms with E-state index in [1.807, 2.05) is 25.1 Å². The predicted molar refractivity (Wildman–Crippen MR) is 95.8 cm³/mol. The minimum absolute atomic E-state index is 0.117. The normalized spacial score (nSPS) is 12.1. The van der Waals surface area contributed by atoms with E-state index in [4.69, 9.17) is 9.15 Å². The first kappa shape index (κ1) is 16.5. The highest BCUT2D eigenvalue weighted by Gasteiger charge is 2.17. The zero-order valence-electron chi connectivity index (χ0n) is 13.2. The summed E-state index contributed by atoms with van der Waals surface area (Å²) in [5, 5.41) is 0.842. The van der Waals surface area contributed by atoms with Crippen molar-refractivity contribution in [3.63, 3.8) is 0 Å². The molecule has 0 spiro atoms. The molecular weight excluding hydrogens is 372 g/mol. The van der Waals surface area contributed by atoms with Crippen molar-refractivity contribution in [2.45, 2.75) is 20.0 Å². The first-order valence-corrected chi connectivity index (χ1v) is 8.24. The third-order valence-electron chi connectivity index (χ3n) is 3.73. The molecule has 0 saturated heterocycles. The van der Waals surface area contributed by atoms with Gasteiger partial charge in [0.05, 0.1) is 0 Å². The maximum absolute atomic E-state index is 12.4. The van der Waals surface area contributed by atoms with Crippen LogP contribution in [-0.4, -0.2) is 11.9 Å². The van der Waals surface area contributed by atoms with E-state index < -0.39 is 11.7 Å². The van der Waals surface area contributed by atoms with Crippen LogP contribution in [0.5, 0.6) is 5.75 Å². The molecule has 122 valence electrons. The van der Waals surface area contributed by atoms with E-state index in [2.05, 4.69) is 15.9 Å². The number of carbonyl (C=O) groups is 1. The van der Waals surface area contributed by atoms with Crippen LogP contribution in [-0.2, 0) is 0 Å². The molecule has 2 aromatic carbocycles. The molecule has 4 nitrogen and oxygen atoms in total. The van der Waals surface area contributed by atoms with Gasteiger partial charge in [-0.25, -0.2) is 4.79 Å². The Morgan fingerprint density at radius 2 is 1.83 bits per heavy atom. The van der Waals surface area contributed by atoms with Gasteiger partial charge in [0.25, 0.3) is 0 Å². The molecule has 3 rings (SSSR count). The lowest BCUT2D eigenvalue weighted by Crippen LogP contribution is -2.23. The molecule has 0 aliphatic heterocycles. The van der Waals surface area contributed by atoms with Gasteiger partial charge >= 0.3 is 5.63 Å². The minimum Gasteiger partial charge on any atom is -0.482 e. The Morgan fingerprint density at radius 1 is 1.12 bits per heavy atom. The number of hydrogen-bond acceptors (Lipinski definition) is 4. The van der Waals surface area contributed by atoms with Crippen molar-refractivity contribution in [3.05, 3.63) is 74.6 Å². The number of rotatable bonds is 4. The lowest BCUT2D eigenvalue weighted by molar-refractivity contribution is 0.0818. The molecule has 3 aromatic rings. The van der Waals surface area contributed by atoms with Gasteiger partial charge < -0.3 is 9.15 Å². The summed E-state index contributed by atoms with van der Waals surface area (Å²) in [4.78, 5) is 23.9. The fourth-order valence-electron chi connectivity index (χ4n) is 2.49. The van der Waals surface area contributed by atoms with E-state index in [9.17, 15) is 9.59 Å². The van der Waals surface area contributed by atoms with Crippen LogP contribution >= 0.6 is 15.9 Å². The summed E-state index contributed by atoms with van der Waals surface area (Å²) in [6.45, 7) is 3.54. The second-order valence-corrected chi connectivity index (χ2v) is 6.45. The van der Waals surface area contributed by atoms with Crippen molar-refractivity contribution in [2.75, 3.05) is 0 Å². The fourth-order valence-corrected chi connectivity index (χ4v) is 2.75. The van der Waals surface area contributed by atoms with Gasteiger partial charge in [0.1, 0.15) is 11.3 Å². The van der Waals surface area contributed by atoms with E-state index in [0.29, 0.717) is 16.9 Å². The highest BCUT2D eigenvalue weighted by Crippen LogP contribution is 2.23. The van der Waals surface area contributed by atoms with Crippen molar-refractivity contribution < 1.29 is 13.9 Å². The number of aryl methyl sites for hydroxylation is 1. The Balaban J connectivity index is 1.84. The highest BCUT2D eigenvalue weighted by molar-refractivity contribution is 9.10. The molecule has 0 saturated carbocycles. The van der Waals surface area contributed by atoms with Gasteiger partial charge in [-0.3, -0.25) is 4.79 Å². The monoisotopic (exact) mass is 386 g/mol. The minimum atomic E-state index is -0.653. The summed E-state index contributed by atoms with van der Waals surface area (Å²) in [6, 6.07) is 13.8. The van der Waals surface area contributed by atoms with Crippen molar-refractivity contribution in [3.8, 4) is 5.75 Å². The lowest BCUT2D eigenvalue weighted by atomic mass is 10.1. The summed E-state index contributed by atoms with van der Waals surface area (Å²) in [7, 11) is 0. The van der Waals surface area contributed by atoms with Crippen molar-refractivity contribution in [1.82, 2.24) is 0 Å². The third kappa shape index (κ3) is 3.41. The zero-order valence-corrected chi connectivity index (χ0v) is 14.8. The molecule has 0 radical (unpaired) electrons. The van der Waals surface area contributed by atoms with E-state index in [1.165, 1.54) is 6.07 Å². The van der Waals surface area contributed by atoms with Gasteiger partial charge in [0.2, 0.25) is 5.78 Å². The van der Waals surface area contributed by atoms with Crippen LogP contribution in [0.1, 0.15) is 22.8 Å². The van der Waals surface area contributed by atoms with Gasteiger partial charge in [0.15, 0.2) is 6.10 Å². The van der Waals surface area contributed by atoms with Crippen LogP contribution in [0.25, 0.3) is 11.0 Å². The van der Waals surface area contributed by atoms with Gasteiger partial charge in [0, 0.05) is 27.6 Å². The zero-order chi connectivity index (χ0) is 17.3. The molecule has 1 atom stereocenters. The number of Topliss-reactive ketones (excluding diaryl/α,β-unsaturated/α-hetero) is 1. The summed E-state index contributed by atoms with van der Waals surface area (Å²) >= 11 is 3.34. The predicted octanol–water partition coefficient (Wildman–Crippen LogP) is 4.51. The molecule has 1 aromatic heterocycles. The van der Waals surface area contributed by atoms with Crippen LogP contribution in [0, 0.1) is 6.92 Å². The number of fused-ring (bicyclic) bond motifs is 1. The summed E-state index contributed by atoms with van der Waals surface area (Å²) < 4.78 is 11.8.